The fourth-order valence-electron chi connectivity index (χ4n) is 1.32. The summed E-state index contributed by atoms with van der Waals surface area (Å²) >= 11 is 1.57. The van der Waals surface area contributed by atoms with Gasteiger partial charge in [-0.2, -0.15) is 0 Å². The van der Waals surface area contributed by atoms with Crippen LogP contribution in [0.2, 0.25) is 0 Å². The van der Waals surface area contributed by atoms with Crippen molar-refractivity contribution in [3.8, 4) is 0 Å². The molecule has 88 valence electrons. The maximum atomic E-state index is 10.7. The molecule has 0 saturated carbocycles. The number of pyridine rings is 1. The summed E-state index contributed by atoms with van der Waals surface area (Å²) in [6.07, 6.45) is 1.47. The Morgan fingerprint density at radius 1 is 1.59 bits per heavy atom. The Labute approximate surface area is 102 Å². The van der Waals surface area contributed by atoms with E-state index in [1.165, 1.54) is 12.3 Å². The van der Waals surface area contributed by atoms with Crippen molar-refractivity contribution in [3.63, 3.8) is 0 Å². The smallest absolute Gasteiger partial charge is 0.354 e. The second-order valence-corrected chi connectivity index (χ2v) is 4.41. The first-order chi connectivity index (χ1) is 8.15. The van der Waals surface area contributed by atoms with Gasteiger partial charge in [0.05, 0.1) is 6.54 Å². The highest BCUT2D eigenvalue weighted by molar-refractivity contribution is 7.09. The molecule has 0 aliphatic rings. The molecule has 0 unspecified atom stereocenters. The van der Waals surface area contributed by atoms with Gasteiger partial charge < -0.3 is 10.4 Å². The molecule has 2 N–H and O–H groups in total. The Morgan fingerprint density at radius 3 is 3.06 bits per heavy atom. The molecule has 0 bridgehead atoms. The molecule has 0 aliphatic carbocycles. The molecule has 0 radical (unpaired) electrons. The van der Waals surface area contributed by atoms with Crippen LogP contribution in [0.4, 0.5) is 5.69 Å². The van der Waals surface area contributed by atoms with Crippen molar-refractivity contribution in [1.82, 2.24) is 9.97 Å². The number of aryl methyl sites for hydroxylation is 1. The van der Waals surface area contributed by atoms with Gasteiger partial charge in [-0.25, -0.2) is 14.8 Å². The number of carboxylic acids is 1. The zero-order valence-electron chi connectivity index (χ0n) is 9.17. The van der Waals surface area contributed by atoms with Crippen molar-refractivity contribution in [2.75, 3.05) is 5.32 Å². The molecular weight excluding hydrogens is 238 g/mol. The van der Waals surface area contributed by atoms with E-state index in [4.69, 9.17) is 5.11 Å². The number of hydrogen-bond donors (Lipinski definition) is 2. The first kappa shape index (κ1) is 11.5. The molecule has 2 aromatic heterocycles. The Bertz CT molecular complexity index is 539. The summed E-state index contributed by atoms with van der Waals surface area (Å²) in [5, 5.41) is 14.9. The minimum atomic E-state index is -1.03. The van der Waals surface area contributed by atoms with Crippen LogP contribution in [0.1, 0.15) is 21.2 Å². The molecule has 0 aliphatic heterocycles. The number of carboxylic acid groups (broad SMARTS) is 1. The van der Waals surface area contributed by atoms with Crippen LogP contribution < -0.4 is 5.32 Å². The number of anilines is 1. The van der Waals surface area contributed by atoms with Crippen molar-refractivity contribution in [3.05, 3.63) is 40.1 Å². The fourth-order valence-corrected chi connectivity index (χ4v) is 2.03. The van der Waals surface area contributed by atoms with Gasteiger partial charge in [0.2, 0.25) is 0 Å². The number of carbonyl (C=O) groups is 1. The molecule has 0 aromatic carbocycles. The average Bonchev–Trinajstić information content (AvgIpc) is 2.73. The van der Waals surface area contributed by atoms with Crippen LogP contribution in [0, 0.1) is 6.92 Å². The van der Waals surface area contributed by atoms with E-state index in [9.17, 15) is 4.79 Å². The zero-order valence-corrected chi connectivity index (χ0v) is 9.99. The quantitative estimate of drug-likeness (QED) is 0.868. The van der Waals surface area contributed by atoms with Gasteiger partial charge in [-0.3, -0.25) is 0 Å². The number of rotatable bonds is 4. The maximum Gasteiger partial charge on any atom is 0.354 e. The highest BCUT2D eigenvalue weighted by Crippen LogP contribution is 2.13. The van der Waals surface area contributed by atoms with Gasteiger partial charge in [-0.05, 0) is 19.1 Å². The normalized spacial score (nSPS) is 10.2. The van der Waals surface area contributed by atoms with Crippen molar-refractivity contribution in [1.29, 1.82) is 0 Å². The van der Waals surface area contributed by atoms with E-state index in [2.05, 4.69) is 15.3 Å². The van der Waals surface area contributed by atoms with E-state index >= 15 is 0 Å². The third-order valence-electron chi connectivity index (χ3n) is 2.09. The van der Waals surface area contributed by atoms with Crippen LogP contribution in [0.5, 0.6) is 0 Å². The Morgan fingerprint density at radius 2 is 2.41 bits per heavy atom. The summed E-state index contributed by atoms with van der Waals surface area (Å²) in [5.41, 5.74) is 1.75. The molecule has 0 saturated heterocycles. The highest BCUT2D eigenvalue weighted by Gasteiger charge is 2.05. The van der Waals surface area contributed by atoms with Crippen molar-refractivity contribution >= 4 is 23.0 Å². The van der Waals surface area contributed by atoms with Gasteiger partial charge in [0.1, 0.15) is 10.7 Å². The largest absolute Gasteiger partial charge is 0.477 e. The standard InChI is InChI=1S/C11H11N3O2S/c1-7-6-17-10(14-7)5-13-8-2-3-12-9(4-8)11(15)16/h2-4,6H,5H2,1H3,(H,12,13)(H,15,16). The number of aromatic nitrogens is 2. The van der Waals surface area contributed by atoms with E-state index in [1.54, 1.807) is 17.4 Å². The fraction of sp³-hybridized carbons (Fsp3) is 0.182. The SMILES string of the molecule is Cc1csc(CNc2ccnc(C(=O)O)c2)n1. The molecule has 2 heterocycles. The number of hydrogen-bond acceptors (Lipinski definition) is 5. The third-order valence-corrected chi connectivity index (χ3v) is 3.06. The van der Waals surface area contributed by atoms with Crippen LogP contribution in [0.25, 0.3) is 0 Å². The van der Waals surface area contributed by atoms with E-state index in [0.29, 0.717) is 6.54 Å². The maximum absolute atomic E-state index is 10.7. The summed E-state index contributed by atoms with van der Waals surface area (Å²) in [6.45, 7) is 2.52. The third kappa shape index (κ3) is 3.01. The summed E-state index contributed by atoms with van der Waals surface area (Å²) < 4.78 is 0. The van der Waals surface area contributed by atoms with E-state index in [0.717, 1.165) is 16.4 Å². The Balaban J connectivity index is 2.04. The van der Waals surface area contributed by atoms with Gasteiger partial charge >= 0.3 is 5.97 Å². The van der Waals surface area contributed by atoms with Crippen molar-refractivity contribution < 1.29 is 9.90 Å². The average molecular weight is 249 g/mol. The second kappa shape index (κ2) is 4.92. The molecule has 2 rings (SSSR count). The number of aromatic carboxylic acids is 1. The molecule has 5 nitrogen and oxygen atoms in total. The topological polar surface area (TPSA) is 75.1 Å². The van der Waals surface area contributed by atoms with Gasteiger partial charge in [-0.15, -0.1) is 11.3 Å². The van der Waals surface area contributed by atoms with Gasteiger partial charge in [0, 0.05) is 23.0 Å². The highest BCUT2D eigenvalue weighted by atomic mass is 32.1. The first-order valence-electron chi connectivity index (χ1n) is 4.99. The lowest BCUT2D eigenvalue weighted by Gasteiger charge is -2.04. The van der Waals surface area contributed by atoms with E-state index < -0.39 is 5.97 Å². The lowest BCUT2D eigenvalue weighted by Crippen LogP contribution is -2.03. The molecule has 0 fully saturated rings. The van der Waals surface area contributed by atoms with E-state index in [-0.39, 0.29) is 5.69 Å². The van der Waals surface area contributed by atoms with Crippen molar-refractivity contribution in [2.45, 2.75) is 13.5 Å². The molecular formula is C11H11N3O2S. The molecule has 2 aromatic rings. The van der Waals surface area contributed by atoms with Gasteiger partial charge in [-0.1, -0.05) is 0 Å². The summed E-state index contributed by atoms with van der Waals surface area (Å²) in [4.78, 5) is 18.8. The minimum absolute atomic E-state index is 0.0327. The van der Waals surface area contributed by atoms with Crippen LogP contribution in [-0.2, 0) is 6.54 Å². The molecule has 17 heavy (non-hydrogen) atoms. The van der Waals surface area contributed by atoms with Crippen LogP contribution in [0.3, 0.4) is 0 Å². The lowest BCUT2D eigenvalue weighted by atomic mass is 10.3. The van der Waals surface area contributed by atoms with Crippen LogP contribution in [0.15, 0.2) is 23.7 Å². The van der Waals surface area contributed by atoms with E-state index in [1.807, 2.05) is 12.3 Å². The number of nitrogens with one attached hydrogen (secondary N) is 1. The molecule has 0 amide bonds. The predicted octanol–water partition coefficient (Wildman–Crippen LogP) is 2.16. The second-order valence-electron chi connectivity index (χ2n) is 3.47. The first-order valence-corrected chi connectivity index (χ1v) is 5.87. The minimum Gasteiger partial charge on any atom is -0.477 e. The Hall–Kier alpha value is -1.95. The molecule has 6 heteroatoms. The number of thiazole rings is 1. The summed E-state index contributed by atoms with van der Waals surface area (Å²) in [5.74, 6) is -1.03. The predicted molar refractivity (Wildman–Crippen MR) is 65.4 cm³/mol. The molecule has 0 spiro atoms. The zero-order chi connectivity index (χ0) is 12.3. The number of nitrogens with zero attached hydrogens (tertiary/aromatic N) is 2. The van der Waals surface area contributed by atoms with Crippen LogP contribution in [-0.4, -0.2) is 21.0 Å². The monoisotopic (exact) mass is 249 g/mol. The Kier molecular flexibility index (Phi) is 3.34. The molecule has 0 atom stereocenters. The van der Waals surface area contributed by atoms with Gasteiger partial charge in [0.15, 0.2) is 0 Å². The summed E-state index contributed by atoms with van der Waals surface area (Å²) in [6, 6.07) is 3.23. The van der Waals surface area contributed by atoms with Gasteiger partial charge in [0.25, 0.3) is 0 Å². The van der Waals surface area contributed by atoms with Crippen molar-refractivity contribution in [2.24, 2.45) is 0 Å². The summed E-state index contributed by atoms with van der Waals surface area (Å²) in [7, 11) is 0. The van der Waals surface area contributed by atoms with Crippen LogP contribution >= 0.6 is 11.3 Å². The lowest BCUT2D eigenvalue weighted by molar-refractivity contribution is 0.0690.